The quantitative estimate of drug-likeness (QED) is 0.306. The van der Waals surface area contributed by atoms with E-state index in [0.29, 0.717) is 0 Å². The minimum atomic E-state index is -0.588. The lowest BCUT2D eigenvalue weighted by molar-refractivity contribution is 0.497. The molecule has 2 nitrogen and oxygen atoms in total. The van der Waals surface area contributed by atoms with Crippen molar-refractivity contribution in [3.8, 4) is 0 Å². The summed E-state index contributed by atoms with van der Waals surface area (Å²) in [5.41, 5.74) is 11.3. The fraction of sp³-hybridized carbons (Fsp3) is 0.875. The van der Waals surface area contributed by atoms with Gasteiger partial charge in [-0.1, -0.05) is 77.4 Å². The Labute approximate surface area is 114 Å². The zero-order valence-corrected chi connectivity index (χ0v) is 12.6. The average Bonchev–Trinajstić information content (AvgIpc) is 2.31. The monoisotopic (exact) mass is 254 g/mol. The number of unbranched alkanes of at least 4 members (excludes halogenated alkanes) is 8. The fourth-order valence-corrected chi connectivity index (χ4v) is 2.22. The summed E-state index contributed by atoms with van der Waals surface area (Å²) in [6, 6.07) is 0. The van der Waals surface area contributed by atoms with Gasteiger partial charge in [-0.25, -0.2) is 0 Å². The Morgan fingerprint density at radius 3 is 1.89 bits per heavy atom. The molecule has 0 saturated heterocycles. The Morgan fingerprint density at radius 2 is 1.33 bits per heavy atom. The van der Waals surface area contributed by atoms with Crippen LogP contribution in [-0.2, 0) is 0 Å². The molecule has 0 aliphatic carbocycles. The van der Waals surface area contributed by atoms with Crippen LogP contribution in [0.4, 0.5) is 0 Å². The van der Waals surface area contributed by atoms with Crippen LogP contribution in [0.3, 0.4) is 0 Å². The van der Waals surface area contributed by atoms with E-state index >= 15 is 0 Å². The van der Waals surface area contributed by atoms with Crippen molar-refractivity contribution in [2.75, 3.05) is 0 Å². The molecule has 4 N–H and O–H groups in total. The lowest BCUT2D eigenvalue weighted by atomic mass is 10.0. The minimum Gasteiger partial charge on any atom is -0.310 e. The number of nitrogens with two attached hydrogens (primary N) is 2. The normalized spacial score (nSPS) is 12.4. The summed E-state index contributed by atoms with van der Waals surface area (Å²) in [7, 11) is 0. The zero-order valence-electron chi connectivity index (χ0n) is 12.6. The third kappa shape index (κ3) is 12.1. The average molecular weight is 254 g/mol. The van der Waals surface area contributed by atoms with Crippen LogP contribution in [0.15, 0.2) is 12.2 Å². The molecule has 0 unspecified atom stereocenters. The summed E-state index contributed by atoms with van der Waals surface area (Å²) in [4.78, 5) is 0. The van der Waals surface area contributed by atoms with E-state index in [-0.39, 0.29) is 0 Å². The molecule has 0 aromatic rings. The van der Waals surface area contributed by atoms with Gasteiger partial charge in [0.2, 0.25) is 0 Å². The maximum atomic E-state index is 5.93. The van der Waals surface area contributed by atoms with Crippen molar-refractivity contribution in [1.82, 2.24) is 0 Å². The van der Waals surface area contributed by atoms with Gasteiger partial charge in [-0.3, -0.25) is 0 Å². The van der Waals surface area contributed by atoms with Crippen LogP contribution in [0.1, 0.15) is 84.5 Å². The highest BCUT2D eigenvalue weighted by Crippen LogP contribution is 2.10. The SMILES string of the molecule is CCCCCCCCCCC=CC(N)(N)CCC. The first kappa shape index (κ1) is 17.7. The van der Waals surface area contributed by atoms with E-state index in [1.165, 1.54) is 51.4 Å². The Hall–Kier alpha value is -0.340. The Bertz CT molecular complexity index is 197. The van der Waals surface area contributed by atoms with Gasteiger partial charge in [0.15, 0.2) is 0 Å². The third-order valence-electron chi connectivity index (χ3n) is 3.34. The van der Waals surface area contributed by atoms with Crippen LogP contribution in [0.5, 0.6) is 0 Å². The molecule has 0 aromatic heterocycles. The van der Waals surface area contributed by atoms with E-state index in [9.17, 15) is 0 Å². The lowest BCUT2D eigenvalue weighted by Crippen LogP contribution is -2.47. The van der Waals surface area contributed by atoms with Gasteiger partial charge in [0.25, 0.3) is 0 Å². The first-order valence-electron chi connectivity index (χ1n) is 7.88. The van der Waals surface area contributed by atoms with E-state index in [0.717, 1.165) is 19.3 Å². The minimum absolute atomic E-state index is 0.588. The topological polar surface area (TPSA) is 52.0 Å². The highest BCUT2D eigenvalue weighted by molar-refractivity contribution is 5.00. The van der Waals surface area contributed by atoms with Crippen LogP contribution >= 0.6 is 0 Å². The maximum absolute atomic E-state index is 5.93. The van der Waals surface area contributed by atoms with Crippen molar-refractivity contribution in [3.05, 3.63) is 12.2 Å². The second kappa shape index (κ2) is 11.7. The molecule has 0 radical (unpaired) electrons. The van der Waals surface area contributed by atoms with E-state index in [4.69, 9.17) is 11.5 Å². The Morgan fingerprint density at radius 1 is 0.778 bits per heavy atom. The van der Waals surface area contributed by atoms with Crippen molar-refractivity contribution in [3.63, 3.8) is 0 Å². The third-order valence-corrected chi connectivity index (χ3v) is 3.34. The number of hydrogen-bond acceptors (Lipinski definition) is 2. The van der Waals surface area contributed by atoms with Gasteiger partial charge in [0, 0.05) is 0 Å². The maximum Gasteiger partial charge on any atom is 0.0828 e. The van der Waals surface area contributed by atoms with Gasteiger partial charge < -0.3 is 11.5 Å². The van der Waals surface area contributed by atoms with Crippen molar-refractivity contribution in [2.24, 2.45) is 11.5 Å². The molecule has 0 amide bonds. The second-order valence-electron chi connectivity index (χ2n) is 5.53. The van der Waals surface area contributed by atoms with E-state index < -0.39 is 5.66 Å². The lowest BCUT2D eigenvalue weighted by Gasteiger charge is -2.18. The molecule has 18 heavy (non-hydrogen) atoms. The fourth-order valence-electron chi connectivity index (χ4n) is 2.22. The van der Waals surface area contributed by atoms with E-state index in [1.54, 1.807) is 0 Å². The molecule has 0 heterocycles. The van der Waals surface area contributed by atoms with Gasteiger partial charge in [-0.2, -0.15) is 0 Å². The Kier molecular flexibility index (Phi) is 11.5. The first-order chi connectivity index (χ1) is 8.62. The predicted octanol–water partition coefficient (Wildman–Crippen LogP) is 4.49. The molecule has 0 atom stereocenters. The van der Waals surface area contributed by atoms with Crippen LogP contribution in [0, 0.1) is 0 Å². The van der Waals surface area contributed by atoms with E-state index in [2.05, 4.69) is 19.9 Å². The van der Waals surface area contributed by atoms with Gasteiger partial charge >= 0.3 is 0 Å². The smallest absolute Gasteiger partial charge is 0.0828 e. The molecule has 0 aliphatic rings. The summed E-state index contributed by atoms with van der Waals surface area (Å²) < 4.78 is 0. The molecule has 0 fully saturated rings. The highest BCUT2D eigenvalue weighted by Gasteiger charge is 2.11. The molecule has 0 rings (SSSR count). The van der Waals surface area contributed by atoms with Crippen LogP contribution < -0.4 is 11.5 Å². The molecule has 0 spiro atoms. The largest absolute Gasteiger partial charge is 0.310 e. The predicted molar refractivity (Wildman–Crippen MR) is 82.4 cm³/mol. The molecular formula is C16H34N2. The van der Waals surface area contributed by atoms with Crippen LogP contribution in [-0.4, -0.2) is 5.66 Å². The molecule has 0 bridgehead atoms. The summed E-state index contributed by atoms with van der Waals surface area (Å²) in [6.45, 7) is 4.38. The molecule has 0 saturated carbocycles. The van der Waals surface area contributed by atoms with Crippen molar-refractivity contribution in [1.29, 1.82) is 0 Å². The highest BCUT2D eigenvalue weighted by atomic mass is 14.9. The molecule has 0 aliphatic heterocycles. The van der Waals surface area contributed by atoms with Crippen molar-refractivity contribution < 1.29 is 0 Å². The standard InChI is InChI=1S/C16H34N2/c1-3-5-6-7-8-9-10-11-12-13-15-16(17,18)14-4-2/h13,15H,3-12,14,17-18H2,1-2H3. The number of rotatable bonds is 12. The van der Waals surface area contributed by atoms with Gasteiger partial charge in [-0.15, -0.1) is 0 Å². The van der Waals surface area contributed by atoms with Gasteiger partial charge in [0.05, 0.1) is 5.66 Å². The van der Waals surface area contributed by atoms with Crippen molar-refractivity contribution in [2.45, 2.75) is 90.1 Å². The van der Waals surface area contributed by atoms with Gasteiger partial charge in [0.1, 0.15) is 0 Å². The number of hydrogen-bond donors (Lipinski definition) is 2. The summed E-state index contributed by atoms with van der Waals surface area (Å²) in [5, 5.41) is 0. The summed E-state index contributed by atoms with van der Waals surface area (Å²) in [5.74, 6) is 0. The molecular weight excluding hydrogens is 220 g/mol. The molecule has 108 valence electrons. The Balaban J connectivity index is 3.32. The first-order valence-corrected chi connectivity index (χ1v) is 7.88. The van der Waals surface area contributed by atoms with Gasteiger partial charge in [-0.05, 0) is 19.3 Å². The zero-order chi connectivity index (χ0) is 13.7. The number of allylic oxidation sites excluding steroid dienone is 1. The summed E-state index contributed by atoms with van der Waals surface area (Å²) in [6.07, 6.45) is 18.1. The van der Waals surface area contributed by atoms with E-state index in [1.807, 2.05) is 6.08 Å². The van der Waals surface area contributed by atoms with Crippen molar-refractivity contribution >= 4 is 0 Å². The van der Waals surface area contributed by atoms with Crippen LogP contribution in [0.2, 0.25) is 0 Å². The second-order valence-corrected chi connectivity index (χ2v) is 5.53. The molecule has 0 aromatic carbocycles. The summed E-state index contributed by atoms with van der Waals surface area (Å²) >= 11 is 0. The molecule has 2 heteroatoms. The van der Waals surface area contributed by atoms with Crippen LogP contribution in [0.25, 0.3) is 0 Å².